The zero-order valence-corrected chi connectivity index (χ0v) is 13.4. The fourth-order valence-electron chi connectivity index (χ4n) is 2.74. The lowest BCUT2D eigenvalue weighted by molar-refractivity contribution is 0.273. The van der Waals surface area contributed by atoms with Crippen molar-refractivity contribution in [2.75, 3.05) is 27.2 Å². The second-order valence-electron chi connectivity index (χ2n) is 6.47. The zero-order valence-electron chi connectivity index (χ0n) is 13.4. The lowest BCUT2D eigenvalue weighted by atomic mass is 9.99. The van der Waals surface area contributed by atoms with Crippen LogP contribution >= 0.6 is 0 Å². The van der Waals surface area contributed by atoms with Crippen molar-refractivity contribution < 1.29 is 4.74 Å². The van der Waals surface area contributed by atoms with Gasteiger partial charge in [0.1, 0.15) is 5.75 Å². The molecule has 2 atom stereocenters. The highest BCUT2D eigenvalue weighted by Gasteiger charge is 2.19. The molecule has 2 rings (SSSR count). The second-order valence-corrected chi connectivity index (χ2v) is 6.47. The summed E-state index contributed by atoms with van der Waals surface area (Å²) in [4.78, 5) is 2.25. The van der Waals surface area contributed by atoms with Crippen LogP contribution < -0.4 is 10.1 Å². The first kappa shape index (κ1) is 15.3. The van der Waals surface area contributed by atoms with Crippen molar-refractivity contribution in [1.82, 2.24) is 10.2 Å². The molecule has 0 aliphatic carbocycles. The normalized spacial score (nSPS) is 17.1. The van der Waals surface area contributed by atoms with E-state index in [9.17, 15) is 0 Å². The lowest BCUT2D eigenvalue weighted by Crippen LogP contribution is -2.43. The Labute approximate surface area is 123 Å². The van der Waals surface area contributed by atoms with Crippen LogP contribution in [-0.2, 0) is 6.42 Å². The SMILES string of the molecule is CC(NC(CN(C)C)C(C)C)c1ccc2c(c1)CCO2. The van der Waals surface area contributed by atoms with Gasteiger partial charge in [-0.2, -0.15) is 0 Å². The summed E-state index contributed by atoms with van der Waals surface area (Å²) in [6.07, 6.45) is 1.04. The summed E-state index contributed by atoms with van der Waals surface area (Å²) in [6.45, 7) is 8.71. The first-order valence-corrected chi connectivity index (χ1v) is 7.63. The fraction of sp³-hybridized carbons (Fsp3) is 0.647. The van der Waals surface area contributed by atoms with Gasteiger partial charge in [0.05, 0.1) is 6.61 Å². The molecule has 1 aromatic carbocycles. The Bertz CT molecular complexity index is 443. The number of hydrogen-bond acceptors (Lipinski definition) is 3. The standard InChI is InChI=1S/C17H28N2O/c1-12(2)16(11-19(4)5)18-13(3)14-6-7-17-15(10-14)8-9-20-17/h6-7,10,12-13,16,18H,8-9,11H2,1-5H3. The molecular weight excluding hydrogens is 248 g/mol. The highest BCUT2D eigenvalue weighted by atomic mass is 16.5. The molecule has 0 saturated heterocycles. The number of fused-ring (bicyclic) bond motifs is 1. The van der Waals surface area contributed by atoms with Crippen molar-refractivity contribution in [3.63, 3.8) is 0 Å². The highest BCUT2D eigenvalue weighted by molar-refractivity contribution is 5.40. The molecule has 1 aliphatic rings. The monoisotopic (exact) mass is 276 g/mol. The Kier molecular flexibility index (Phi) is 5.06. The predicted octanol–water partition coefficient (Wildman–Crippen LogP) is 2.86. The van der Waals surface area contributed by atoms with Gasteiger partial charge < -0.3 is 15.0 Å². The molecule has 1 aliphatic heterocycles. The molecule has 1 heterocycles. The molecule has 2 unspecified atom stereocenters. The van der Waals surface area contributed by atoms with Crippen molar-refractivity contribution in [1.29, 1.82) is 0 Å². The molecule has 0 amide bonds. The number of likely N-dealkylation sites (N-methyl/N-ethyl adjacent to an activating group) is 1. The zero-order chi connectivity index (χ0) is 14.7. The first-order chi connectivity index (χ1) is 9.47. The molecule has 112 valence electrons. The smallest absolute Gasteiger partial charge is 0.122 e. The number of benzene rings is 1. The minimum absolute atomic E-state index is 0.369. The average Bonchev–Trinajstić information content (AvgIpc) is 2.84. The van der Waals surface area contributed by atoms with Gasteiger partial charge in [0, 0.05) is 25.0 Å². The van der Waals surface area contributed by atoms with Crippen LogP contribution in [0.5, 0.6) is 5.75 Å². The molecule has 1 aromatic rings. The van der Waals surface area contributed by atoms with Gasteiger partial charge in [-0.05, 0) is 44.1 Å². The summed E-state index contributed by atoms with van der Waals surface area (Å²) >= 11 is 0. The van der Waals surface area contributed by atoms with E-state index in [1.54, 1.807) is 0 Å². The van der Waals surface area contributed by atoms with Crippen LogP contribution in [0.15, 0.2) is 18.2 Å². The summed E-state index contributed by atoms with van der Waals surface area (Å²) in [5.74, 6) is 1.69. The Morgan fingerprint density at radius 3 is 2.65 bits per heavy atom. The summed E-state index contributed by atoms with van der Waals surface area (Å²) in [5.41, 5.74) is 2.71. The van der Waals surface area contributed by atoms with Crippen LogP contribution in [0.25, 0.3) is 0 Å². The molecule has 3 heteroatoms. The number of hydrogen-bond donors (Lipinski definition) is 1. The van der Waals surface area contributed by atoms with Gasteiger partial charge in [0.15, 0.2) is 0 Å². The average molecular weight is 276 g/mol. The van der Waals surface area contributed by atoms with Gasteiger partial charge in [-0.15, -0.1) is 0 Å². The number of rotatable bonds is 6. The van der Waals surface area contributed by atoms with E-state index in [-0.39, 0.29) is 0 Å². The topological polar surface area (TPSA) is 24.5 Å². The van der Waals surface area contributed by atoms with Crippen molar-refractivity contribution in [2.24, 2.45) is 5.92 Å². The predicted molar refractivity (Wildman–Crippen MR) is 84.4 cm³/mol. The van der Waals surface area contributed by atoms with Gasteiger partial charge in [0.25, 0.3) is 0 Å². The Morgan fingerprint density at radius 1 is 1.25 bits per heavy atom. The second kappa shape index (κ2) is 6.59. The van der Waals surface area contributed by atoms with E-state index >= 15 is 0 Å². The van der Waals surface area contributed by atoms with Gasteiger partial charge >= 0.3 is 0 Å². The van der Waals surface area contributed by atoms with Crippen LogP contribution in [0, 0.1) is 5.92 Å². The van der Waals surface area contributed by atoms with Crippen molar-refractivity contribution >= 4 is 0 Å². The third kappa shape index (κ3) is 3.74. The van der Waals surface area contributed by atoms with Crippen molar-refractivity contribution in [2.45, 2.75) is 39.3 Å². The maximum atomic E-state index is 5.58. The molecule has 20 heavy (non-hydrogen) atoms. The van der Waals surface area contributed by atoms with E-state index in [0.29, 0.717) is 18.0 Å². The van der Waals surface area contributed by atoms with Crippen LogP contribution in [-0.4, -0.2) is 38.2 Å². The summed E-state index contributed by atoms with van der Waals surface area (Å²) in [7, 11) is 4.27. The minimum atomic E-state index is 0.369. The molecule has 0 saturated carbocycles. The minimum Gasteiger partial charge on any atom is -0.493 e. The van der Waals surface area contributed by atoms with Gasteiger partial charge in [0.2, 0.25) is 0 Å². The molecular formula is C17H28N2O. The van der Waals surface area contributed by atoms with Crippen molar-refractivity contribution in [3.8, 4) is 5.75 Å². The van der Waals surface area contributed by atoms with Gasteiger partial charge in [-0.25, -0.2) is 0 Å². The Hall–Kier alpha value is -1.06. The summed E-state index contributed by atoms with van der Waals surface area (Å²) < 4.78 is 5.58. The van der Waals surface area contributed by atoms with Crippen LogP contribution in [0.1, 0.15) is 37.9 Å². The highest BCUT2D eigenvalue weighted by Crippen LogP contribution is 2.28. The molecule has 0 radical (unpaired) electrons. The molecule has 3 nitrogen and oxygen atoms in total. The van der Waals surface area contributed by atoms with E-state index in [1.807, 2.05) is 0 Å². The van der Waals surface area contributed by atoms with E-state index in [4.69, 9.17) is 4.74 Å². The summed E-state index contributed by atoms with van der Waals surface area (Å²) in [6, 6.07) is 7.48. The molecule has 0 fully saturated rings. The van der Waals surface area contributed by atoms with Gasteiger partial charge in [-0.1, -0.05) is 26.0 Å². The number of ether oxygens (including phenoxy) is 1. The van der Waals surface area contributed by atoms with E-state index < -0.39 is 0 Å². The maximum Gasteiger partial charge on any atom is 0.122 e. The number of nitrogens with one attached hydrogen (secondary N) is 1. The van der Waals surface area contributed by atoms with E-state index in [0.717, 1.165) is 25.3 Å². The maximum absolute atomic E-state index is 5.58. The molecule has 0 aromatic heterocycles. The molecule has 1 N–H and O–H groups in total. The van der Waals surface area contributed by atoms with Gasteiger partial charge in [-0.3, -0.25) is 0 Å². The third-order valence-electron chi connectivity index (χ3n) is 4.04. The fourth-order valence-corrected chi connectivity index (χ4v) is 2.74. The molecule has 0 bridgehead atoms. The van der Waals surface area contributed by atoms with Crippen LogP contribution in [0.3, 0.4) is 0 Å². The van der Waals surface area contributed by atoms with Crippen LogP contribution in [0.2, 0.25) is 0 Å². The third-order valence-corrected chi connectivity index (χ3v) is 4.04. The summed E-state index contributed by atoms with van der Waals surface area (Å²) in [5, 5.41) is 3.77. The Morgan fingerprint density at radius 2 is 2.00 bits per heavy atom. The lowest BCUT2D eigenvalue weighted by Gasteiger charge is -2.29. The van der Waals surface area contributed by atoms with Crippen molar-refractivity contribution in [3.05, 3.63) is 29.3 Å². The van der Waals surface area contributed by atoms with Crippen LogP contribution in [0.4, 0.5) is 0 Å². The van der Waals surface area contributed by atoms with E-state index in [1.165, 1.54) is 11.1 Å². The van der Waals surface area contributed by atoms with E-state index in [2.05, 4.69) is 63.3 Å². The largest absolute Gasteiger partial charge is 0.493 e. The quantitative estimate of drug-likeness (QED) is 0.864. The molecule has 0 spiro atoms. The Balaban J connectivity index is 2.04. The first-order valence-electron chi connectivity index (χ1n) is 7.63. The number of nitrogens with zero attached hydrogens (tertiary/aromatic N) is 1.